The van der Waals surface area contributed by atoms with Crippen LogP contribution >= 0.6 is 23.4 Å². The molecular weight excluding hydrogens is 302 g/mol. The van der Waals surface area contributed by atoms with Crippen molar-refractivity contribution in [3.63, 3.8) is 0 Å². The molecule has 0 spiro atoms. The summed E-state index contributed by atoms with van der Waals surface area (Å²) < 4.78 is 0. The number of hydrogen-bond donors (Lipinski definition) is 1. The molecule has 2 aromatic rings. The van der Waals surface area contributed by atoms with Gasteiger partial charge in [0.15, 0.2) is 5.16 Å². The van der Waals surface area contributed by atoms with E-state index in [9.17, 15) is 0 Å². The van der Waals surface area contributed by atoms with E-state index < -0.39 is 0 Å². The largest absolute Gasteiger partial charge is 0.310 e. The lowest BCUT2D eigenvalue weighted by Gasteiger charge is -2.10. The normalized spacial score (nSPS) is 14.4. The van der Waals surface area contributed by atoms with E-state index >= 15 is 0 Å². The summed E-state index contributed by atoms with van der Waals surface area (Å²) in [5, 5.41) is 5.10. The second kappa shape index (κ2) is 6.34. The summed E-state index contributed by atoms with van der Waals surface area (Å²) in [5.41, 5.74) is 3.20. The molecule has 1 aliphatic rings. The topological polar surface area (TPSA) is 37.8 Å². The van der Waals surface area contributed by atoms with Gasteiger partial charge >= 0.3 is 0 Å². The molecule has 21 heavy (non-hydrogen) atoms. The summed E-state index contributed by atoms with van der Waals surface area (Å²) in [6.45, 7) is 4.84. The van der Waals surface area contributed by atoms with E-state index in [1.165, 1.54) is 18.4 Å². The number of rotatable bonds is 5. The number of aromatic nitrogens is 2. The Kier molecular flexibility index (Phi) is 4.48. The van der Waals surface area contributed by atoms with Crippen LogP contribution in [0.3, 0.4) is 0 Å². The molecule has 5 heteroatoms. The lowest BCUT2D eigenvalue weighted by atomic mass is 10.2. The molecular formula is C16H18ClN3S. The number of nitrogens with zero attached hydrogens (tertiary/aromatic N) is 2. The van der Waals surface area contributed by atoms with Crippen LogP contribution in [0, 0.1) is 13.8 Å². The van der Waals surface area contributed by atoms with Crippen molar-refractivity contribution in [2.75, 3.05) is 0 Å². The Hall–Kier alpha value is -1.10. The number of benzene rings is 1. The van der Waals surface area contributed by atoms with Gasteiger partial charge < -0.3 is 5.32 Å². The van der Waals surface area contributed by atoms with Crippen LogP contribution in [0.2, 0.25) is 5.02 Å². The lowest BCUT2D eigenvalue weighted by molar-refractivity contribution is 0.680. The average Bonchev–Trinajstić information content (AvgIpc) is 3.22. The molecule has 1 N–H and O–H groups in total. The predicted molar refractivity (Wildman–Crippen MR) is 86.9 cm³/mol. The Morgan fingerprint density at radius 3 is 2.57 bits per heavy atom. The van der Waals surface area contributed by atoms with E-state index in [4.69, 9.17) is 11.6 Å². The molecule has 1 heterocycles. The number of halogens is 1. The lowest BCUT2D eigenvalue weighted by Crippen LogP contribution is -2.15. The van der Waals surface area contributed by atoms with Gasteiger partial charge in [-0.2, -0.15) is 0 Å². The van der Waals surface area contributed by atoms with Gasteiger partial charge in [-0.1, -0.05) is 11.6 Å². The first-order valence-electron chi connectivity index (χ1n) is 7.12. The van der Waals surface area contributed by atoms with Crippen LogP contribution in [-0.4, -0.2) is 16.0 Å². The molecule has 0 amide bonds. The molecule has 0 aliphatic heterocycles. The Balaban J connectivity index is 1.82. The molecule has 1 aromatic heterocycles. The van der Waals surface area contributed by atoms with Crippen LogP contribution in [0.5, 0.6) is 0 Å². The molecule has 110 valence electrons. The highest BCUT2D eigenvalue weighted by atomic mass is 35.5. The molecule has 0 bridgehead atoms. The minimum absolute atomic E-state index is 0.680. The highest BCUT2D eigenvalue weighted by Crippen LogP contribution is 2.31. The van der Waals surface area contributed by atoms with Crippen molar-refractivity contribution in [1.82, 2.24) is 15.3 Å². The fraction of sp³-hybridized carbons (Fsp3) is 0.375. The van der Waals surface area contributed by atoms with Crippen LogP contribution < -0.4 is 5.32 Å². The molecule has 0 unspecified atom stereocenters. The maximum Gasteiger partial charge on any atom is 0.192 e. The summed E-state index contributed by atoms with van der Waals surface area (Å²) in [7, 11) is 0. The second-order valence-corrected chi connectivity index (χ2v) is 6.89. The summed E-state index contributed by atoms with van der Waals surface area (Å²) in [5.74, 6) is 0. The van der Waals surface area contributed by atoms with E-state index in [1.54, 1.807) is 11.8 Å². The molecule has 0 saturated heterocycles. The Morgan fingerprint density at radius 2 is 1.90 bits per heavy atom. The Morgan fingerprint density at radius 1 is 1.19 bits per heavy atom. The van der Waals surface area contributed by atoms with Crippen molar-refractivity contribution in [3.05, 3.63) is 46.2 Å². The van der Waals surface area contributed by atoms with E-state index in [2.05, 4.69) is 21.4 Å². The zero-order valence-electron chi connectivity index (χ0n) is 12.2. The van der Waals surface area contributed by atoms with Crippen molar-refractivity contribution in [2.45, 2.75) is 49.3 Å². The average molecular weight is 320 g/mol. The maximum absolute atomic E-state index is 6.13. The molecule has 1 fully saturated rings. The fourth-order valence-corrected chi connectivity index (χ4v) is 3.33. The van der Waals surface area contributed by atoms with Gasteiger partial charge in [-0.15, -0.1) is 0 Å². The number of aryl methyl sites for hydroxylation is 2. The van der Waals surface area contributed by atoms with E-state index in [0.29, 0.717) is 6.04 Å². The molecule has 3 rings (SSSR count). The summed E-state index contributed by atoms with van der Waals surface area (Å²) in [6, 6.07) is 8.67. The third-order valence-corrected chi connectivity index (χ3v) is 4.56. The zero-order chi connectivity index (χ0) is 14.8. The van der Waals surface area contributed by atoms with Crippen molar-refractivity contribution in [3.8, 4) is 0 Å². The van der Waals surface area contributed by atoms with Gasteiger partial charge in [-0.05, 0) is 68.3 Å². The molecule has 0 atom stereocenters. The van der Waals surface area contributed by atoms with Crippen molar-refractivity contribution < 1.29 is 0 Å². The maximum atomic E-state index is 6.13. The monoisotopic (exact) mass is 319 g/mol. The number of nitrogens with one attached hydrogen (secondary N) is 1. The standard InChI is InChI=1S/C16H18ClN3S/c1-10-7-11(2)20-16(19-10)21-15-6-3-13(17)8-12(15)9-18-14-4-5-14/h3,6-8,14,18H,4-5,9H2,1-2H3. The first kappa shape index (κ1) is 14.8. The number of hydrogen-bond acceptors (Lipinski definition) is 4. The summed E-state index contributed by atoms with van der Waals surface area (Å²) >= 11 is 7.74. The SMILES string of the molecule is Cc1cc(C)nc(Sc2ccc(Cl)cc2CNC2CC2)n1. The molecule has 0 radical (unpaired) electrons. The Labute approximate surface area is 134 Å². The van der Waals surface area contributed by atoms with Gasteiger partial charge in [-0.3, -0.25) is 0 Å². The van der Waals surface area contributed by atoms with E-state index in [0.717, 1.165) is 33.0 Å². The second-order valence-electron chi connectivity index (χ2n) is 5.44. The van der Waals surface area contributed by atoms with Gasteiger partial charge in [0.1, 0.15) is 0 Å². The van der Waals surface area contributed by atoms with Crippen LogP contribution in [0.1, 0.15) is 29.8 Å². The van der Waals surface area contributed by atoms with Gasteiger partial charge in [0, 0.05) is 33.9 Å². The van der Waals surface area contributed by atoms with Gasteiger partial charge in [-0.25, -0.2) is 9.97 Å². The van der Waals surface area contributed by atoms with Gasteiger partial charge in [0.2, 0.25) is 0 Å². The molecule has 1 saturated carbocycles. The van der Waals surface area contributed by atoms with Crippen LogP contribution in [0.15, 0.2) is 34.3 Å². The molecule has 1 aliphatic carbocycles. The predicted octanol–water partition coefficient (Wildman–Crippen LogP) is 4.15. The minimum Gasteiger partial charge on any atom is -0.310 e. The third-order valence-electron chi connectivity index (χ3n) is 3.34. The Bertz CT molecular complexity index is 636. The highest BCUT2D eigenvalue weighted by molar-refractivity contribution is 7.99. The van der Waals surface area contributed by atoms with Crippen LogP contribution in [-0.2, 0) is 6.54 Å². The van der Waals surface area contributed by atoms with Gasteiger partial charge in [0.25, 0.3) is 0 Å². The van der Waals surface area contributed by atoms with Crippen LogP contribution in [0.4, 0.5) is 0 Å². The molecule has 1 aromatic carbocycles. The minimum atomic E-state index is 0.680. The van der Waals surface area contributed by atoms with Crippen LogP contribution in [0.25, 0.3) is 0 Å². The first-order chi connectivity index (χ1) is 10.1. The van der Waals surface area contributed by atoms with Gasteiger partial charge in [0.05, 0.1) is 0 Å². The third kappa shape index (κ3) is 4.19. The zero-order valence-corrected chi connectivity index (χ0v) is 13.8. The van der Waals surface area contributed by atoms with E-state index in [1.807, 2.05) is 32.0 Å². The quantitative estimate of drug-likeness (QED) is 0.840. The fourth-order valence-electron chi connectivity index (χ4n) is 2.17. The summed E-state index contributed by atoms with van der Waals surface area (Å²) in [6.07, 6.45) is 2.56. The summed E-state index contributed by atoms with van der Waals surface area (Å²) in [4.78, 5) is 10.2. The first-order valence-corrected chi connectivity index (χ1v) is 8.31. The molecule has 3 nitrogen and oxygen atoms in total. The van der Waals surface area contributed by atoms with E-state index in [-0.39, 0.29) is 0 Å². The smallest absolute Gasteiger partial charge is 0.192 e. The highest BCUT2D eigenvalue weighted by Gasteiger charge is 2.20. The van der Waals surface area contributed by atoms with Crippen molar-refractivity contribution in [2.24, 2.45) is 0 Å². The van der Waals surface area contributed by atoms with Crippen molar-refractivity contribution >= 4 is 23.4 Å². The van der Waals surface area contributed by atoms with Crippen molar-refractivity contribution in [1.29, 1.82) is 0 Å².